The molecule has 0 radical (unpaired) electrons. The number of fused-ring (bicyclic) bond motifs is 1. The highest BCUT2D eigenvalue weighted by Gasteiger charge is 2.45. The van der Waals surface area contributed by atoms with Crippen molar-refractivity contribution in [2.75, 3.05) is 13.7 Å². The number of esters is 1. The summed E-state index contributed by atoms with van der Waals surface area (Å²) in [4.78, 5) is 12.6. The van der Waals surface area contributed by atoms with E-state index in [2.05, 4.69) is 0 Å². The lowest BCUT2D eigenvalue weighted by Crippen LogP contribution is -2.60. The van der Waals surface area contributed by atoms with E-state index < -0.39 is 48.9 Å². The molecule has 2 aromatic carbocycles. The summed E-state index contributed by atoms with van der Waals surface area (Å²) in [6, 6.07) is 6.52. The summed E-state index contributed by atoms with van der Waals surface area (Å²) in [5.74, 6) is -1.09. The van der Waals surface area contributed by atoms with E-state index in [9.17, 15) is 35.4 Å². The summed E-state index contributed by atoms with van der Waals surface area (Å²) in [5, 5.41) is 61.9. The van der Waals surface area contributed by atoms with E-state index in [1.165, 1.54) is 0 Å². The van der Waals surface area contributed by atoms with Crippen molar-refractivity contribution in [2.45, 2.75) is 63.0 Å². The van der Waals surface area contributed by atoms with E-state index in [-0.39, 0.29) is 40.9 Å². The van der Waals surface area contributed by atoms with Gasteiger partial charge in [-0.15, -0.1) is 0 Å². The third-order valence-electron chi connectivity index (χ3n) is 5.70. The van der Waals surface area contributed by atoms with Crippen molar-refractivity contribution >= 4 is 16.7 Å². The fourth-order valence-corrected chi connectivity index (χ4v) is 3.85. The summed E-state index contributed by atoms with van der Waals surface area (Å²) >= 11 is 0. The monoisotopic (exact) mass is 466 g/mol. The smallest absolute Gasteiger partial charge is 0.342 e. The quantitative estimate of drug-likeness (QED) is 0.311. The van der Waals surface area contributed by atoms with Crippen LogP contribution in [0.2, 0.25) is 0 Å². The molecule has 1 fully saturated rings. The van der Waals surface area contributed by atoms with Gasteiger partial charge in [-0.05, 0) is 26.7 Å². The molecule has 0 amide bonds. The molecular weight excluding hydrogens is 436 g/mol. The first-order chi connectivity index (χ1) is 15.5. The van der Waals surface area contributed by atoms with Gasteiger partial charge in [-0.3, -0.25) is 0 Å². The van der Waals surface area contributed by atoms with Crippen molar-refractivity contribution in [3.63, 3.8) is 0 Å². The van der Waals surface area contributed by atoms with Crippen molar-refractivity contribution in [1.29, 1.82) is 0 Å². The summed E-state index contributed by atoms with van der Waals surface area (Å²) in [7, 11) is 1.16. The molecule has 10 heteroatoms. The maximum Gasteiger partial charge on any atom is 0.342 e. The van der Waals surface area contributed by atoms with Crippen LogP contribution in [0.4, 0.5) is 0 Å². The van der Waals surface area contributed by atoms with Crippen LogP contribution in [0.1, 0.15) is 36.2 Å². The lowest BCUT2D eigenvalue weighted by molar-refractivity contribution is -0.277. The summed E-state index contributed by atoms with van der Waals surface area (Å²) in [5.41, 5.74) is -1.08. The molecule has 1 heterocycles. The molecule has 182 valence electrons. The van der Waals surface area contributed by atoms with E-state index in [0.717, 1.165) is 7.11 Å². The second-order valence-corrected chi connectivity index (χ2v) is 8.70. The molecule has 0 spiro atoms. The molecule has 0 aliphatic carbocycles. The van der Waals surface area contributed by atoms with Crippen molar-refractivity contribution < 1.29 is 49.6 Å². The SMILES string of the molecule is COC(=O)c1c(CCC(C)(C)O)c(OC2OC(CO)C(O)C(O)C2O)c2ccccc2c1O. The predicted octanol–water partition coefficient (Wildman–Crippen LogP) is 0.214. The molecule has 6 N–H and O–H groups in total. The number of hydrogen-bond acceptors (Lipinski definition) is 10. The second-order valence-electron chi connectivity index (χ2n) is 8.70. The number of phenolic OH excluding ortho intramolecular Hbond substituents is 1. The first-order valence-electron chi connectivity index (χ1n) is 10.5. The lowest BCUT2D eigenvalue weighted by atomic mass is 9.91. The normalized spacial score (nSPS) is 25.8. The average molecular weight is 466 g/mol. The van der Waals surface area contributed by atoms with E-state index in [4.69, 9.17) is 14.2 Å². The zero-order valence-corrected chi connectivity index (χ0v) is 18.6. The number of aliphatic hydroxyl groups is 5. The van der Waals surface area contributed by atoms with Gasteiger partial charge in [-0.1, -0.05) is 24.3 Å². The van der Waals surface area contributed by atoms with Crippen LogP contribution < -0.4 is 4.74 Å². The van der Waals surface area contributed by atoms with E-state index in [0.29, 0.717) is 5.39 Å². The van der Waals surface area contributed by atoms with Crippen LogP contribution >= 0.6 is 0 Å². The van der Waals surface area contributed by atoms with Gasteiger partial charge in [0.15, 0.2) is 0 Å². The minimum absolute atomic E-state index is 0.0670. The van der Waals surface area contributed by atoms with Crippen LogP contribution in [-0.4, -0.2) is 86.6 Å². The fourth-order valence-electron chi connectivity index (χ4n) is 3.85. The molecule has 33 heavy (non-hydrogen) atoms. The molecule has 2 aromatic rings. The Kier molecular flexibility index (Phi) is 7.47. The number of aliphatic hydroxyl groups excluding tert-OH is 4. The average Bonchev–Trinajstić information content (AvgIpc) is 2.78. The third kappa shape index (κ3) is 5.06. The van der Waals surface area contributed by atoms with Gasteiger partial charge < -0.3 is 44.8 Å². The molecule has 5 unspecified atom stereocenters. The predicted molar refractivity (Wildman–Crippen MR) is 116 cm³/mol. The number of rotatable bonds is 7. The van der Waals surface area contributed by atoms with E-state index in [1.54, 1.807) is 38.1 Å². The second kappa shape index (κ2) is 9.80. The highest BCUT2D eigenvalue weighted by atomic mass is 16.7. The Morgan fingerprint density at radius 1 is 1.09 bits per heavy atom. The Labute approximate surface area is 190 Å². The fraction of sp³-hybridized carbons (Fsp3) is 0.522. The Morgan fingerprint density at radius 3 is 2.30 bits per heavy atom. The maximum absolute atomic E-state index is 12.6. The number of carbonyl (C=O) groups is 1. The van der Waals surface area contributed by atoms with Gasteiger partial charge >= 0.3 is 5.97 Å². The minimum Gasteiger partial charge on any atom is -0.506 e. The van der Waals surface area contributed by atoms with E-state index in [1.807, 2.05) is 0 Å². The molecule has 0 saturated carbocycles. The molecule has 1 aliphatic rings. The molecule has 1 saturated heterocycles. The van der Waals surface area contributed by atoms with Gasteiger partial charge in [0.2, 0.25) is 6.29 Å². The van der Waals surface area contributed by atoms with E-state index >= 15 is 0 Å². The van der Waals surface area contributed by atoms with Crippen LogP contribution in [0.15, 0.2) is 24.3 Å². The largest absolute Gasteiger partial charge is 0.506 e. The van der Waals surface area contributed by atoms with Crippen LogP contribution in [0.25, 0.3) is 10.8 Å². The number of methoxy groups -OCH3 is 1. The molecule has 0 aromatic heterocycles. The van der Waals surface area contributed by atoms with Crippen molar-refractivity contribution in [1.82, 2.24) is 0 Å². The van der Waals surface area contributed by atoms with Gasteiger partial charge in [0.05, 0.1) is 19.3 Å². The summed E-state index contributed by atoms with van der Waals surface area (Å²) in [6.45, 7) is 2.54. The van der Waals surface area contributed by atoms with Gasteiger partial charge in [0.1, 0.15) is 41.5 Å². The zero-order chi connectivity index (χ0) is 24.5. The first kappa shape index (κ1) is 25.2. The first-order valence-corrected chi connectivity index (χ1v) is 10.5. The molecule has 3 rings (SSSR count). The number of benzene rings is 2. The van der Waals surface area contributed by atoms with Crippen molar-refractivity contribution in [3.05, 3.63) is 35.4 Å². The zero-order valence-electron chi connectivity index (χ0n) is 18.6. The van der Waals surface area contributed by atoms with Crippen LogP contribution in [0.5, 0.6) is 11.5 Å². The molecule has 1 aliphatic heterocycles. The third-order valence-corrected chi connectivity index (χ3v) is 5.70. The number of ether oxygens (including phenoxy) is 3. The van der Waals surface area contributed by atoms with Crippen LogP contribution in [0, 0.1) is 0 Å². The van der Waals surface area contributed by atoms with Crippen molar-refractivity contribution in [3.8, 4) is 11.5 Å². The highest BCUT2D eigenvalue weighted by Crippen LogP contribution is 2.43. The van der Waals surface area contributed by atoms with Gasteiger partial charge in [-0.2, -0.15) is 0 Å². The van der Waals surface area contributed by atoms with Gasteiger partial charge in [0.25, 0.3) is 0 Å². The highest BCUT2D eigenvalue weighted by molar-refractivity contribution is 6.05. The Bertz CT molecular complexity index is 997. The lowest BCUT2D eigenvalue weighted by Gasteiger charge is -2.40. The number of carbonyl (C=O) groups excluding carboxylic acids is 1. The van der Waals surface area contributed by atoms with Gasteiger partial charge in [0, 0.05) is 16.3 Å². The molecule has 0 bridgehead atoms. The Balaban J connectivity index is 2.19. The topological polar surface area (TPSA) is 166 Å². The van der Waals surface area contributed by atoms with Gasteiger partial charge in [-0.25, -0.2) is 4.79 Å². The number of aromatic hydroxyl groups is 1. The Morgan fingerprint density at radius 2 is 1.73 bits per heavy atom. The van der Waals surface area contributed by atoms with Crippen LogP contribution in [-0.2, 0) is 15.9 Å². The molecule has 5 atom stereocenters. The standard InChI is InChI=1S/C23H30O10/c1-23(2,30)9-8-13-15(21(29)31-3)16(25)11-6-4-5-7-12(11)20(13)33-22-19(28)18(27)17(26)14(10-24)32-22/h4-7,14,17-19,22,24-28,30H,8-10H2,1-3H3. The summed E-state index contributed by atoms with van der Waals surface area (Å²) < 4.78 is 16.3. The minimum atomic E-state index is -1.68. The Hall–Kier alpha value is -2.47. The van der Waals surface area contributed by atoms with Crippen molar-refractivity contribution in [2.24, 2.45) is 0 Å². The molecular formula is C23H30O10. The number of hydrogen-bond donors (Lipinski definition) is 6. The summed E-state index contributed by atoms with van der Waals surface area (Å²) in [6.07, 6.45) is -7.36. The molecule has 10 nitrogen and oxygen atoms in total. The maximum atomic E-state index is 12.6. The number of phenols is 1. The van der Waals surface area contributed by atoms with Crippen LogP contribution in [0.3, 0.4) is 0 Å².